The Hall–Kier alpha value is 0.290. The number of halogens is 1. The lowest BCUT2D eigenvalue weighted by atomic mass is 9.78. The van der Waals surface area contributed by atoms with Gasteiger partial charge in [0, 0.05) is 5.38 Å². The van der Waals surface area contributed by atoms with Crippen LogP contribution in [0, 0.1) is 10.8 Å². The summed E-state index contributed by atoms with van der Waals surface area (Å²) in [6.45, 7) is 13.4. The molecule has 0 aromatic carbocycles. The number of hydrogen-bond donors (Lipinski definition) is 0. The Balaban J connectivity index is 4.09. The molecule has 0 aliphatic heterocycles. The molecule has 0 N–H and O–H groups in total. The van der Waals surface area contributed by atoms with Crippen molar-refractivity contribution in [3.8, 4) is 0 Å². The van der Waals surface area contributed by atoms with Crippen LogP contribution in [-0.4, -0.2) is 5.38 Å². The van der Waals surface area contributed by atoms with Gasteiger partial charge < -0.3 is 0 Å². The maximum atomic E-state index is 6.32. The van der Waals surface area contributed by atoms with E-state index in [1.807, 2.05) is 0 Å². The van der Waals surface area contributed by atoms with Gasteiger partial charge in [0.05, 0.1) is 0 Å². The summed E-state index contributed by atoms with van der Waals surface area (Å²) in [5, 5.41) is 0.285. The molecule has 1 atom stereocenters. The zero-order valence-electron chi connectivity index (χ0n) is 9.37. The van der Waals surface area contributed by atoms with Crippen molar-refractivity contribution >= 4 is 11.6 Å². The fourth-order valence-corrected chi connectivity index (χ4v) is 1.35. The van der Waals surface area contributed by atoms with E-state index in [-0.39, 0.29) is 10.8 Å². The van der Waals surface area contributed by atoms with Gasteiger partial charge in [0.15, 0.2) is 0 Å². The summed E-state index contributed by atoms with van der Waals surface area (Å²) < 4.78 is 0. The second-order valence-electron chi connectivity index (χ2n) is 5.56. The van der Waals surface area contributed by atoms with Crippen LogP contribution in [0.2, 0.25) is 0 Å². The van der Waals surface area contributed by atoms with Crippen LogP contribution in [0.4, 0.5) is 0 Å². The van der Waals surface area contributed by atoms with E-state index in [0.29, 0.717) is 5.41 Å². The molecule has 0 fully saturated rings. The molecule has 0 bridgehead atoms. The maximum Gasteiger partial charge on any atom is 0.0389 e. The quantitative estimate of drug-likeness (QED) is 0.577. The second kappa shape index (κ2) is 4.00. The fourth-order valence-electron chi connectivity index (χ4n) is 0.936. The lowest BCUT2D eigenvalue weighted by Gasteiger charge is -2.32. The van der Waals surface area contributed by atoms with Crippen LogP contribution in [0.1, 0.15) is 54.4 Å². The van der Waals surface area contributed by atoms with E-state index < -0.39 is 0 Å². The minimum atomic E-state index is 0.230. The first kappa shape index (κ1) is 12.3. The molecule has 0 saturated carbocycles. The van der Waals surface area contributed by atoms with E-state index in [0.717, 1.165) is 6.42 Å². The Morgan fingerprint density at radius 1 is 1.08 bits per heavy atom. The minimum absolute atomic E-state index is 0.230. The Labute approximate surface area is 82.7 Å². The van der Waals surface area contributed by atoms with Crippen LogP contribution in [0.3, 0.4) is 0 Å². The van der Waals surface area contributed by atoms with E-state index in [2.05, 4.69) is 41.5 Å². The molecular weight excluding hydrogens is 168 g/mol. The van der Waals surface area contributed by atoms with E-state index in [9.17, 15) is 0 Å². The Kier molecular flexibility index (Phi) is 4.10. The molecule has 0 nitrogen and oxygen atoms in total. The standard InChI is InChI=1S/C11H23Cl/c1-7-11(5,6)8-9(12)10(2,3)4/h9H,7-8H2,1-6H3. The number of rotatable bonds is 3. The summed E-state index contributed by atoms with van der Waals surface area (Å²) in [6, 6.07) is 0. The molecule has 0 radical (unpaired) electrons. The predicted octanol–water partition coefficient (Wildman–Crippen LogP) is 4.47. The van der Waals surface area contributed by atoms with Crippen molar-refractivity contribution in [2.24, 2.45) is 10.8 Å². The highest BCUT2D eigenvalue weighted by Gasteiger charge is 2.28. The Bertz CT molecular complexity index is 130. The van der Waals surface area contributed by atoms with Gasteiger partial charge in [-0.05, 0) is 17.3 Å². The topological polar surface area (TPSA) is 0 Å². The molecule has 0 aromatic rings. The summed E-state index contributed by atoms with van der Waals surface area (Å²) in [5.41, 5.74) is 0.619. The molecular formula is C11H23Cl. The third-order valence-electron chi connectivity index (χ3n) is 2.63. The molecule has 0 amide bonds. The smallest absolute Gasteiger partial charge is 0.0389 e. The minimum Gasteiger partial charge on any atom is -0.122 e. The van der Waals surface area contributed by atoms with Crippen molar-refractivity contribution in [3.05, 3.63) is 0 Å². The molecule has 1 unspecified atom stereocenters. The van der Waals surface area contributed by atoms with Crippen molar-refractivity contribution in [1.82, 2.24) is 0 Å². The maximum absolute atomic E-state index is 6.32. The van der Waals surface area contributed by atoms with Gasteiger partial charge in [0.25, 0.3) is 0 Å². The summed E-state index contributed by atoms with van der Waals surface area (Å²) in [6.07, 6.45) is 2.31. The average Bonchev–Trinajstić information content (AvgIpc) is 1.85. The number of alkyl halides is 1. The van der Waals surface area contributed by atoms with Gasteiger partial charge in [0.1, 0.15) is 0 Å². The highest BCUT2D eigenvalue weighted by atomic mass is 35.5. The van der Waals surface area contributed by atoms with Gasteiger partial charge in [-0.1, -0.05) is 48.0 Å². The van der Waals surface area contributed by atoms with Gasteiger partial charge in [-0.2, -0.15) is 0 Å². The molecule has 0 aliphatic rings. The molecule has 74 valence electrons. The third-order valence-corrected chi connectivity index (χ3v) is 3.44. The average molecular weight is 191 g/mol. The van der Waals surface area contributed by atoms with Gasteiger partial charge in [-0.15, -0.1) is 11.6 Å². The largest absolute Gasteiger partial charge is 0.122 e. The number of hydrogen-bond acceptors (Lipinski definition) is 0. The summed E-state index contributed by atoms with van der Waals surface area (Å²) in [4.78, 5) is 0. The van der Waals surface area contributed by atoms with Gasteiger partial charge in [0.2, 0.25) is 0 Å². The molecule has 0 aliphatic carbocycles. The van der Waals surface area contributed by atoms with Crippen LogP contribution in [0.5, 0.6) is 0 Å². The van der Waals surface area contributed by atoms with Crippen LogP contribution in [-0.2, 0) is 0 Å². The van der Waals surface area contributed by atoms with Gasteiger partial charge in [-0.25, -0.2) is 0 Å². The lowest BCUT2D eigenvalue weighted by Crippen LogP contribution is -2.27. The highest BCUT2D eigenvalue weighted by Crippen LogP contribution is 2.36. The lowest BCUT2D eigenvalue weighted by molar-refractivity contribution is 0.254. The molecule has 0 saturated heterocycles. The first-order valence-corrected chi connectivity index (χ1v) is 5.27. The van der Waals surface area contributed by atoms with E-state index >= 15 is 0 Å². The summed E-state index contributed by atoms with van der Waals surface area (Å²) in [7, 11) is 0. The van der Waals surface area contributed by atoms with Crippen LogP contribution < -0.4 is 0 Å². The molecule has 1 heteroatoms. The van der Waals surface area contributed by atoms with Gasteiger partial charge in [-0.3, -0.25) is 0 Å². The first-order chi connectivity index (χ1) is 5.19. The Morgan fingerprint density at radius 3 is 1.75 bits per heavy atom. The molecule has 12 heavy (non-hydrogen) atoms. The predicted molar refractivity (Wildman–Crippen MR) is 57.8 cm³/mol. The normalized spacial score (nSPS) is 16.2. The third kappa shape index (κ3) is 4.35. The summed E-state index contributed by atoms with van der Waals surface area (Å²) >= 11 is 6.32. The molecule has 0 spiro atoms. The molecule has 0 heterocycles. The fraction of sp³-hybridized carbons (Fsp3) is 1.00. The first-order valence-electron chi connectivity index (χ1n) is 4.83. The van der Waals surface area contributed by atoms with E-state index in [1.54, 1.807) is 0 Å². The zero-order valence-corrected chi connectivity index (χ0v) is 10.1. The van der Waals surface area contributed by atoms with Crippen molar-refractivity contribution in [2.75, 3.05) is 0 Å². The van der Waals surface area contributed by atoms with Crippen molar-refractivity contribution in [2.45, 2.75) is 59.8 Å². The van der Waals surface area contributed by atoms with Crippen LogP contribution in [0.25, 0.3) is 0 Å². The summed E-state index contributed by atoms with van der Waals surface area (Å²) in [5.74, 6) is 0. The van der Waals surface area contributed by atoms with Crippen molar-refractivity contribution < 1.29 is 0 Å². The zero-order chi connectivity index (χ0) is 9.99. The van der Waals surface area contributed by atoms with Gasteiger partial charge >= 0.3 is 0 Å². The molecule has 0 aromatic heterocycles. The Morgan fingerprint density at radius 2 is 1.50 bits per heavy atom. The van der Waals surface area contributed by atoms with E-state index in [1.165, 1.54) is 6.42 Å². The van der Waals surface area contributed by atoms with Crippen molar-refractivity contribution in [3.63, 3.8) is 0 Å². The second-order valence-corrected chi connectivity index (χ2v) is 6.08. The highest BCUT2D eigenvalue weighted by molar-refractivity contribution is 6.21. The van der Waals surface area contributed by atoms with Crippen LogP contribution >= 0.6 is 11.6 Å². The molecule has 0 rings (SSSR count). The van der Waals surface area contributed by atoms with Crippen LogP contribution in [0.15, 0.2) is 0 Å². The van der Waals surface area contributed by atoms with E-state index in [4.69, 9.17) is 11.6 Å². The van der Waals surface area contributed by atoms with Crippen molar-refractivity contribution in [1.29, 1.82) is 0 Å². The monoisotopic (exact) mass is 190 g/mol. The SMILES string of the molecule is CCC(C)(C)CC(Cl)C(C)(C)C.